The van der Waals surface area contributed by atoms with E-state index in [1.54, 1.807) is 25.3 Å². The molecule has 1 spiro atoms. The first-order valence-electron chi connectivity index (χ1n) is 25.9. The van der Waals surface area contributed by atoms with Gasteiger partial charge in [-0.3, -0.25) is 4.79 Å². The molecule has 1 unspecified atom stereocenters. The number of methoxy groups -OCH3 is 1. The molecular formula is C61H69N3O7. The number of ketones is 1. The summed E-state index contributed by atoms with van der Waals surface area (Å²) in [5, 5.41) is 24.8. The predicted octanol–water partition coefficient (Wildman–Crippen LogP) is 11.1. The Morgan fingerprint density at radius 1 is 0.803 bits per heavy atom. The molecule has 2 aliphatic carbocycles. The molecule has 3 atom stereocenters. The lowest BCUT2D eigenvalue weighted by atomic mass is 9.64. The van der Waals surface area contributed by atoms with E-state index in [2.05, 4.69) is 59.6 Å². The molecule has 1 aromatic heterocycles. The van der Waals surface area contributed by atoms with E-state index in [0.29, 0.717) is 59.8 Å². The molecule has 0 radical (unpaired) electrons. The van der Waals surface area contributed by atoms with Crippen LogP contribution in [0.1, 0.15) is 110 Å². The number of phenolic OH excluding ortho intramolecular Hbond substituents is 1. The highest BCUT2D eigenvalue weighted by atomic mass is 16.5. The van der Waals surface area contributed by atoms with Crippen molar-refractivity contribution in [2.75, 3.05) is 51.4 Å². The van der Waals surface area contributed by atoms with E-state index in [4.69, 9.17) is 23.9 Å². The fraction of sp³-hybridized carbons (Fsp3) is 0.393. The zero-order valence-corrected chi connectivity index (χ0v) is 41.4. The van der Waals surface area contributed by atoms with E-state index in [9.17, 15) is 15.0 Å². The highest BCUT2D eigenvalue weighted by molar-refractivity contribution is 6.05. The van der Waals surface area contributed by atoms with Crippen LogP contribution in [0.25, 0.3) is 17.2 Å². The number of anilines is 1. The largest absolute Gasteiger partial charge is 0.508 e. The minimum absolute atomic E-state index is 0.0624. The van der Waals surface area contributed by atoms with Gasteiger partial charge in [0.25, 0.3) is 0 Å². The van der Waals surface area contributed by atoms with Gasteiger partial charge in [-0.1, -0.05) is 153 Å². The number of carbonyl (C=O) groups excluding carboxylic acids is 1. The quantitative estimate of drug-likeness (QED) is 0.0722. The van der Waals surface area contributed by atoms with E-state index < -0.39 is 12.2 Å². The Morgan fingerprint density at radius 2 is 1.52 bits per heavy atom. The van der Waals surface area contributed by atoms with Crippen molar-refractivity contribution in [2.24, 2.45) is 5.41 Å². The van der Waals surface area contributed by atoms with E-state index >= 15 is 0 Å². The Hall–Kier alpha value is -6.49. The first kappa shape index (κ1) is 48.2. The zero-order valence-electron chi connectivity index (χ0n) is 41.4. The molecule has 2 saturated carbocycles. The van der Waals surface area contributed by atoms with Crippen molar-refractivity contribution in [2.45, 2.75) is 102 Å². The normalized spacial score (nSPS) is 20.0. The molecular weight excluding hydrogens is 887 g/mol. The Kier molecular flexibility index (Phi) is 14.6. The lowest BCUT2D eigenvalue weighted by Crippen LogP contribution is -2.44. The summed E-state index contributed by atoms with van der Waals surface area (Å²) in [5.41, 5.74) is 9.30. The van der Waals surface area contributed by atoms with Crippen LogP contribution in [-0.2, 0) is 24.7 Å². The van der Waals surface area contributed by atoms with E-state index in [0.717, 1.165) is 65.4 Å². The van der Waals surface area contributed by atoms with Crippen molar-refractivity contribution >= 4 is 17.7 Å². The number of aryl methyl sites for hydroxylation is 1. The average Bonchev–Trinajstić information content (AvgIpc) is 4.16. The summed E-state index contributed by atoms with van der Waals surface area (Å²) in [6, 6.07) is 38.4. The molecule has 0 bridgehead atoms. The van der Waals surface area contributed by atoms with Gasteiger partial charge in [-0.15, -0.1) is 0 Å². The van der Waals surface area contributed by atoms with Crippen molar-refractivity contribution in [1.82, 2.24) is 10.3 Å². The van der Waals surface area contributed by atoms with Gasteiger partial charge in [0.1, 0.15) is 24.0 Å². The number of benzene rings is 5. The molecule has 370 valence electrons. The summed E-state index contributed by atoms with van der Waals surface area (Å²) in [7, 11) is 1.60. The van der Waals surface area contributed by atoms with Gasteiger partial charge in [0.15, 0.2) is 17.1 Å². The van der Waals surface area contributed by atoms with Gasteiger partial charge in [0, 0.05) is 18.4 Å². The lowest BCUT2D eigenvalue weighted by Gasteiger charge is -2.43. The topological polar surface area (TPSA) is 128 Å². The molecule has 10 heteroatoms. The van der Waals surface area contributed by atoms with Crippen molar-refractivity contribution in [3.8, 4) is 39.9 Å². The summed E-state index contributed by atoms with van der Waals surface area (Å²) >= 11 is 0. The number of aliphatic hydroxyl groups is 1. The number of hydrogen-bond donors (Lipinski definition) is 3. The van der Waals surface area contributed by atoms with Crippen molar-refractivity contribution < 1.29 is 34.0 Å². The molecule has 4 N–H and O–H groups in total. The fourth-order valence-corrected chi connectivity index (χ4v) is 12.0. The number of piperazine rings is 1. The number of aromatic hydroxyl groups is 1. The minimum atomic E-state index is -0.778. The summed E-state index contributed by atoms with van der Waals surface area (Å²) in [5.74, 6) is 2.97. The fourth-order valence-electron chi connectivity index (χ4n) is 12.0. The molecule has 2 aliphatic heterocycles. The third-order valence-corrected chi connectivity index (χ3v) is 16.0. The van der Waals surface area contributed by atoms with E-state index in [-0.39, 0.29) is 36.4 Å². The Bertz CT molecular complexity index is 2790. The standard InChI is InChI=1S/C61H68N3O7/c1-60(29-12-32-61(60)30-9-10-31-61)53-40-50(59(63-53)64-35-33-62-34-36-64)46-18-11-17-44(39-46)20-26-49-55-54(51(67)41-52(71-55)45-21-24-47(65)25-22-45)57(70-38-28-48(66)23-19-42-13-5-3-6-14-42)58(68-2)56(49)69-37-27-43-15-7-4-8-16-43/h3-8,11,13-19,21-25,39-40,48,52,62,65-66H,9-10,12,20,26-38,41H2,1-2H3/q-1/p+1/b23-19+/t48-,52?,60+/m0/s1. The van der Waals surface area contributed by atoms with Crippen LogP contribution in [0.15, 0.2) is 121 Å². The van der Waals surface area contributed by atoms with Crippen LogP contribution in [0.5, 0.6) is 28.7 Å². The second-order valence-corrected chi connectivity index (χ2v) is 20.3. The number of fused-ring (bicyclic) bond motifs is 1. The second-order valence-electron chi connectivity index (χ2n) is 20.3. The van der Waals surface area contributed by atoms with E-state index in [1.807, 2.05) is 66.7 Å². The maximum absolute atomic E-state index is 12.2. The van der Waals surface area contributed by atoms with Gasteiger partial charge >= 0.3 is 5.78 Å². The van der Waals surface area contributed by atoms with Crippen LogP contribution in [0, 0.1) is 5.41 Å². The van der Waals surface area contributed by atoms with Crippen molar-refractivity contribution in [3.63, 3.8) is 0 Å². The molecule has 3 heterocycles. The van der Waals surface area contributed by atoms with Crippen LogP contribution in [0.4, 0.5) is 5.82 Å². The van der Waals surface area contributed by atoms with Gasteiger partial charge in [-0.2, -0.15) is 0 Å². The third-order valence-electron chi connectivity index (χ3n) is 16.0. The molecule has 1 saturated heterocycles. The molecule has 3 fully saturated rings. The average molecular weight is 956 g/mol. The first-order chi connectivity index (χ1) is 34.7. The Morgan fingerprint density at radius 3 is 2.28 bits per heavy atom. The number of phenols is 1. The Labute approximate surface area is 419 Å². The number of hydrogen-bond acceptors (Lipinski definition) is 8. The highest BCUT2D eigenvalue weighted by Crippen LogP contribution is 2.62. The number of ether oxygens (including phenoxy) is 4. The van der Waals surface area contributed by atoms with Crippen molar-refractivity contribution in [3.05, 3.63) is 160 Å². The van der Waals surface area contributed by atoms with Crippen LogP contribution >= 0.6 is 0 Å². The second kappa shape index (κ2) is 21.5. The molecule has 4 aliphatic rings. The number of aliphatic hydroxyl groups excluding tert-OH is 1. The number of rotatable bonds is 18. The number of nitrogens with one attached hydrogen (secondary N) is 1. The minimum Gasteiger partial charge on any atom is -0.508 e. The zero-order chi connectivity index (χ0) is 48.8. The SMILES string of the molecule is COc1c(OCCc2ccccc2)c(CCc2cccc(-c3cc([C@@]4(C)CCCC45CCCC5)[n-]c3N3CCNCC3)c2)c2c(c1OCC[C@@H](O)/C=C/c1ccccc1)C(=[OH+])CC(c1ccc(O)cc1)O2. The van der Waals surface area contributed by atoms with Crippen LogP contribution in [-0.4, -0.2) is 73.4 Å². The molecule has 71 heavy (non-hydrogen) atoms. The Balaban J connectivity index is 1.01. The number of aromatic nitrogens is 1. The monoisotopic (exact) mass is 956 g/mol. The van der Waals surface area contributed by atoms with Gasteiger partial charge in [0.05, 0.1) is 26.4 Å². The van der Waals surface area contributed by atoms with Crippen LogP contribution in [0.2, 0.25) is 0 Å². The molecule has 0 amide bonds. The molecule has 10 nitrogen and oxygen atoms in total. The van der Waals surface area contributed by atoms with Crippen LogP contribution in [0.3, 0.4) is 0 Å². The summed E-state index contributed by atoms with van der Waals surface area (Å²) in [6.07, 6.45) is 13.6. The van der Waals surface area contributed by atoms with Crippen LogP contribution < -0.4 is 34.1 Å². The molecule has 6 aromatic rings. The van der Waals surface area contributed by atoms with Gasteiger partial charge in [-0.05, 0) is 121 Å². The number of nitrogens with zero attached hydrogens (tertiary/aromatic N) is 2. The van der Waals surface area contributed by atoms with Gasteiger partial charge in [-0.25, -0.2) is 0 Å². The first-order valence-corrected chi connectivity index (χ1v) is 25.9. The van der Waals surface area contributed by atoms with E-state index in [1.165, 1.54) is 56.2 Å². The highest BCUT2D eigenvalue weighted by Gasteiger charge is 2.53. The van der Waals surface area contributed by atoms with Gasteiger partial charge in [0.2, 0.25) is 5.75 Å². The predicted molar refractivity (Wildman–Crippen MR) is 282 cm³/mol. The third kappa shape index (κ3) is 10.2. The molecule has 5 aromatic carbocycles. The smallest absolute Gasteiger partial charge is 0.335 e. The maximum Gasteiger partial charge on any atom is 0.335 e. The summed E-state index contributed by atoms with van der Waals surface area (Å²) in [6.45, 7) is 6.71. The summed E-state index contributed by atoms with van der Waals surface area (Å²) in [4.78, 5) is 20.3. The molecule has 10 rings (SSSR count). The maximum atomic E-state index is 12.2. The summed E-state index contributed by atoms with van der Waals surface area (Å²) < 4.78 is 26.7. The van der Waals surface area contributed by atoms with Crippen molar-refractivity contribution in [1.29, 1.82) is 0 Å². The van der Waals surface area contributed by atoms with Gasteiger partial charge < -0.3 is 44.4 Å². The lowest BCUT2D eigenvalue weighted by molar-refractivity contribution is 0.171.